The molecule has 7 nitrogen and oxygen atoms in total. The van der Waals surface area contributed by atoms with Crippen molar-refractivity contribution in [2.75, 3.05) is 24.0 Å². The Labute approximate surface area is 116 Å². The number of hydrogen-bond acceptors (Lipinski definition) is 7. The van der Waals surface area contributed by atoms with Crippen molar-refractivity contribution in [3.8, 4) is 11.5 Å². The number of rotatable bonds is 5. The molecule has 0 spiro atoms. The molecule has 104 valence electrons. The van der Waals surface area contributed by atoms with E-state index in [2.05, 4.69) is 32.7 Å². The molecule has 1 aliphatic heterocycles. The lowest BCUT2D eigenvalue weighted by atomic mass is 10.3. The zero-order valence-corrected chi connectivity index (χ0v) is 11.1. The van der Waals surface area contributed by atoms with Crippen molar-refractivity contribution < 1.29 is 9.47 Å². The summed E-state index contributed by atoms with van der Waals surface area (Å²) in [5.74, 6) is 2.59. The Hall–Kier alpha value is -2.57. The summed E-state index contributed by atoms with van der Waals surface area (Å²) in [7, 11) is 0. The van der Waals surface area contributed by atoms with Crippen LogP contribution in [0.2, 0.25) is 0 Å². The van der Waals surface area contributed by atoms with Crippen LogP contribution < -0.4 is 20.1 Å². The Morgan fingerprint density at radius 2 is 2.15 bits per heavy atom. The summed E-state index contributed by atoms with van der Waals surface area (Å²) in [6.07, 6.45) is 2.62. The van der Waals surface area contributed by atoms with E-state index in [1.54, 1.807) is 6.20 Å². The van der Waals surface area contributed by atoms with Crippen LogP contribution in [-0.4, -0.2) is 28.5 Å². The van der Waals surface area contributed by atoms with Gasteiger partial charge in [-0.15, -0.1) is 5.10 Å². The molecular weight excluding hydrogens is 258 g/mol. The van der Waals surface area contributed by atoms with Crippen molar-refractivity contribution in [3.05, 3.63) is 24.4 Å². The summed E-state index contributed by atoms with van der Waals surface area (Å²) in [6, 6.07) is 5.57. The fourth-order valence-corrected chi connectivity index (χ4v) is 1.80. The molecule has 0 saturated heterocycles. The van der Waals surface area contributed by atoms with Crippen molar-refractivity contribution in [2.24, 2.45) is 0 Å². The van der Waals surface area contributed by atoms with Gasteiger partial charge in [-0.3, -0.25) is 0 Å². The molecule has 7 heteroatoms. The Morgan fingerprint density at radius 1 is 1.25 bits per heavy atom. The molecule has 20 heavy (non-hydrogen) atoms. The van der Waals surface area contributed by atoms with Gasteiger partial charge in [0.1, 0.15) is 0 Å². The maximum absolute atomic E-state index is 5.32. The quantitative estimate of drug-likeness (QED) is 0.863. The third-order valence-electron chi connectivity index (χ3n) is 2.74. The van der Waals surface area contributed by atoms with Gasteiger partial charge in [0.25, 0.3) is 0 Å². The molecule has 0 saturated carbocycles. The van der Waals surface area contributed by atoms with Crippen LogP contribution in [0.3, 0.4) is 0 Å². The van der Waals surface area contributed by atoms with Crippen molar-refractivity contribution >= 4 is 17.5 Å². The van der Waals surface area contributed by atoms with E-state index >= 15 is 0 Å². The predicted octanol–water partition coefficient (Wildman–Crippen LogP) is 2.17. The first-order chi connectivity index (χ1) is 9.85. The molecule has 0 atom stereocenters. The van der Waals surface area contributed by atoms with Gasteiger partial charge in [-0.05, 0) is 18.6 Å². The molecule has 0 bridgehead atoms. The second-order valence-electron chi connectivity index (χ2n) is 4.29. The van der Waals surface area contributed by atoms with E-state index in [4.69, 9.17) is 9.47 Å². The highest BCUT2D eigenvalue weighted by Gasteiger charge is 2.13. The molecule has 1 aromatic carbocycles. The van der Waals surface area contributed by atoms with Gasteiger partial charge >= 0.3 is 0 Å². The second kappa shape index (κ2) is 5.60. The van der Waals surface area contributed by atoms with E-state index in [1.807, 2.05) is 18.2 Å². The zero-order valence-electron chi connectivity index (χ0n) is 11.1. The van der Waals surface area contributed by atoms with E-state index < -0.39 is 0 Å². The number of anilines is 3. The number of hydrogen-bond donors (Lipinski definition) is 2. The van der Waals surface area contributed by atoms with Gasteiger partial charge in [-0.2, -0.15) is 10.1 Å². The topological polar surface area (TPSA) is 81.2 Å². The van der Waals surface area contributed by atoms with Crippen LogP contribution in [0.5, 0.6) is 11.5 Å². The highest BCUT2D eigenvalue weighted by Crippen LogP contribution is 2.34. The van der Waals surface area contributed by atoms with E-state index in [0.29, 0.717) is 17.5 Å². The van der Waals surface area contributed by atoms with Crippen molar-refractivity contribution in [3.63, 3.8) is 0 Å². The SMILES string of the molecule is CCCNc1cnnc(Nc2ccc3c(c2)OCO3)n1. The van der Waals surface area contributed by atoms with Gasteiger partial charge < -0.3 is 20.1 Å². The van der Waals surface area contributed by atoms with E-state index in [-0.39, 0.29) is 6.79 Å². The molecule has 2 heterocycles. The van der Waals surface area contributed by atoms with Gasteiger partial charge in [0.05, 0.1) is 6.20 Å². The van der Waals surface area contributed by atoms with Crippen molar-refractivity contribution in [1.29, 1.82) is 0 Å². The molecule has 0 radical (unpaired) electrons. The van der Waals surface area contributed by atoms with Crippen molar-refractivity contribution in [1.82, 2.24) is 15.2 Å². The third kappa shape index (κ3) is 2.71. The zero-order chi connectivity index (χ0) is 13.8. The summed E-state index contributed by atoms with van der Waals surface area (Å²) in [4.78, 5) is 4.33. The Morgan fingerprint density at radius 3 is 3.05 bits per heavy atom. The van der Waals surface area contributed by atoms with Crippen LogP contribution in [0.15, 0.2) is 24.4 Å². The van der Waals surface area contributed by atoms with Gasteiger partial charge in [0, 0.05) is 18.3 Å². The van der Waals surface area contributed by atoms with Gasteiger partial charge in [-0.25, -0.2) is 0 Å². The molecule has 1 aromatic heterocycles. The minimum Gasteiger partial charge on any atom is -0.454 e. The minimum absolute atomic E-state index is 0.257. The summed E-state index contributed by atoms with van der Waals surface area (Å²) < 4.78 is 10.6. The minimum atomic E-state index is 0.257. The van der Waals surface area contributed by atoms with E-state index in [0.717, 1.165) is 24.4 Å². The van der Waals surface area contributed by atoms with Gasteiger partial charge in [0.2, 0.25) is 12.7 Å². The molecule has 1 aliphatic rings. The average Bonchev–Trinajstić information content (AvgIpc) is 2.93. The van der Waals surface area contributed by atoms with Crippen LogP contribution in [0.1, 0.15) is 13.3 Å². The number of nitrogens with one attached hydrogen (secondary N) is 2. The average molecular weight is 273 g/mol. The first-order valence-corrected chi connectivity index (χ1v) is 6.45. The summed E-state index contributed by atoms with van der Waals surface area (Å²) in [6.45, 7) is 3.20. The molecule has 3 rings (SSSR count). The van der Waals surface area contributed by atoms with Crippen LogP contribution in [0.25, 0.3) is 0 Å². The van der Waals surface area contributed by atoms with E-state index in [9.17, 15) is 0 Å². The molecule has 2 aromatic rings. The predicted molar refractivity (Wildman–Crippen MR) is 74.5 cm³/mol. The fourth-order valence-electron chi connectivity index (χ4n) is 1.80. The van der Waals surface area contributed by atoms with Crippen LogP contribution in [0.4, 0.5) is 17.5 Å². The highest BCUT2D eigenvalue weighted by molar-refractivity contribution is 5.60. The third-order valence-corrected chi connectivity index (χ3v) is 2.74. The lowest BCUT2D eigenvalue weighted by Crippen LogP contribution is -2.06. The van der Waals surface area contributed by atoms with Crippen molar-refractivity contribution in [2.45, 2.75) is 13.3 Å². The standard InChI is InChI=1S/C13H15N5O2/c1-2-5-14-12-7-15-18-13(17-12)16-9-3-4-10-11(6-9)20-8-19-10/h3-4,6-7H,2,5,8H2,1H3,(H2,14,16,17,18). The van der Waals surface area contributed by atoms with Crippen LogP contribution in [0, 0.1) is 0 Å². The molecule has 2 N–H and O–H groups in total. The molecular formula is C13H15N5O2. The smallest absolute Gasteiger partial charge is 0.249 e. The van der Waals surface area contributed by atoms with Crippen LogP contribution in [-0.2, 0) is 0 Å². The Balaban J connectivity index is 1.74. The summed E-state index contributed by atoms with van der Waals surface area (Å²) in [5, 5.41) is 14.1. The maximum atomic E-state index is 5.32. The number of benzene rings is 1. The summed E-state index contributed by atoms with van der Waals surface area (Å²) in [5.41, 5.74) is 0.823. The number of nitrogens with zero attached hydrogens (tertiary/aromatic N) is 3. The second-order valence-corrected chi connectivity index (χ2v) is 4.29. The Bertz CT molecular complexity index is 605. The highest BCUT2D eigenvalue weighted by atomic mass is 16.7. The van der Waals surface area contributed by atoms with Gasteiger partial charge in [-0.1, -0.05) is 6.92 Å². The van der Waals surface area contributed by atoms with Crippen LogP contribution >= 0.6 is 0 Å². The number of ether oxygens (including phenoxy) is 2. The number of fused-ring (bicyclic) bond motifs is 1. The monoisotopic (exact) mass is 273 g/mol. The fraction of sp³-hybridized carbons (Fsp3) is 0.308. The maximum Gasteiger partial charge on any atom is 0.249 e. The van der Waals surface area contributed by atoms with Gasteiger partial charge in [0.15, 0.2) is 17.3 Å². The number of aromatic nitrogens is 3. The lowest BCUT2D eigenvalue weighted by molar-refractivity contribution is 0.174. The Kier molecular flexibility index (Phi) is 3.49. The van der Waals surface area contributed by atoms with E-state index in [1.165, 1.54) is 0 Å². The molecule has 0 aliphatic carbocycles. The normalized spacial score (nSPS) is 12.2. The largest absolute Gasteiger partial charge is 0.454 e. The summed E-state index contributed by atoms with van der Waals surface area (Å²) >= 11 is 0. The lowest BCUT2D eigenvalue weighted by Gasteiger charge is -2.07. The molecule has 0 amide bonds. The first-order valence-electron chi connectivity index (χ1n) is 6.45. The molecule has 0 fully saturated rings. The first kappa shape index (κ1) is 12.5. The molecule has 0 unspecified atom stereocenters.